The van der Waals surface area contributed by atoms with Crippen LogP contribution in [0.15, 0.2) is 78.3 Å². The van der Waals surface area contributed by atoms with Crippen LogP contribution in [0.5, 0.6) is 0 Å². The Morgan fingerprint density at radius 3 is 1.92 bits per heavy atom. The lowest BCUT2D eigenvalue weighted by molar-refractivity contribution is 0.414. The second-order valence-electron chi connectivity index (χ2n) is 5.17. The van der Waals surface area contributed by atoms with Crippen molar-refractivity contribution in [2.24, 2.45) is 4.99 Å². The molecule has 2 nitrogen and oxygen atoms in total. The van der Waals surface area contributed by atoms with Gasteiger partial charge in [-0.15, -0.1) is 23.6 Å². The summed E-state index contributed by atoms with van der Waals surface area (Å²) >= 11 is 1.79. The van der Waals surface area contributed by atoms with Gasteiger partial charge in [0.1, 0.15) is 0 Å². The van der Waals surface area contributed by atoms with Gasteiger partial charge in [0.05, 0.1) is 6.54 Å². The molecule has 0 saturated heterocycles. The number of benzene rings is 2. The van der Waals surface area contributed by atoms with Crippen LogP contribution in [0.4, 0.5) is 0 Å². The minimum absolute atomic E-state index is 0. The predicted molar refractivity (Wildman–Crippen MR) is 113 cm³/mol. The number of thioether (sulfide) groups is 1. The lowest BCUT2D eigenvalue weighted by Gasteiger charge is -2.26. The summed E-state index contributed by atoms with van der Waals surface area (Å²) in [6.45, 7) is 8.32. The fourth-order valence-corrected chi connectivity index (χ4v) is 3.04. The van der Waals surface area contributed by atoms with E-state index >= 15 is 0 Å². The van der Waals surface area contributed by atoms with Crippen LogP contribution in [-0.4, -0.2) is 22.4 Å². The molecule has 0 unspecified atom stereocenters. The maximum Gasteiger partial charge on any atom is 0.160 e. The van der Waals surface area contributed by atoms with E-state index in [-0.39, 0.29) is 17.0 Å². The highest BCUT2D eigenvalue weighted by molar-refractivity contribution is 8.93. The number of halogens is 1. The summed E-state index contributed by atoms with van der Waals surface area (Å²) in [5.41, 5.74) is 2.60. The molecular weight excluding hydrogens is 380 g/mol. The Bertz CT molecular complexity index is 573. The van der Waals surface area contributed by atoms with E-state index in [2.05, 4.69) is 79.1 Å². The monoisotopic (exact) mass is 404 g/mol. The first-order valence-corrected chi connectivity index (χ1v) is 8.93. The van der Waals surface area contributed by atoms with E-state index in [0.29, 0.717) is 6.54 Å². The Hall–Kier alpha value is -1.52. The molecule has 2 rings (SSSR count). The number of nitrogens with zero attached hydrogens (tertiary/aromatic N) is 2. The molecule has 0 aliphatic rings. The van der Waals surface area contributed by atoms with E-state index in [1.54, 1.807) is 11.8 Å². The van der Waals surface area contributed by atoms with Crippen LogP contribution < -0.4 is 0 Å². The average Bonchev–Trinajstić information content (AvgIpc) is 2.60. The number of amidine groups is 1. The van der Waals surface area contributed by atoms with Crippen molar-refractivity contribution in [3.05, 3.63) is 84.4 Å². The first-order chi connectivity index (χ1) is 11.3. The molecule has 2 aromatic carbocycles. The minimum atomic E-state index is 0. The van der Waals surface area contributed by atoms with Crippen molar-refractivity contribution < 1.29 is 0 Å². The molecule has 0 fully saturated rings. The molecule has 0 saturated carbocycles. The van der Waals surface area contributed by atoms with E-state index < -0.39 is 0 Å². The van der Waals surface area contributed by atoms with Crippen molar-refractivity contribution in [3.8, 4) is 0 Å². The van der Waals surface area contributed by atoms with Crippen molar-refractivity contribution in [2.75, 3.05) is 12.3 Å². The molecule has 0 aliphatic heterocycles. The highest BCUT2D eigenvalue weighted by Gasteiger charge is 2.12. The van der Waals surface area contributed by atoms with Crippen LogP contribution >= 0.6 is 28.7 Å². The number of aliphatic imine (C=N–C) groups is 1. The molecule has 0 N–H and O–H groups in total. The number of hydrogen-bond acceptors (Lipinski definition) is 2. The van der Waals surface area contributed by atoms with E-state index in [0.717, 1.165) is 24.0 Å². The van der Waals surface area contributed by atoms with Crippen molar-refractivity contribution in [1.82, 2.24) is 4.90 Å². The summed E-state index contributed by atoms with van der Waals surface area (Å²) in [6.07, 6.45) is 1.85. The lowest BCUT2D eigenvalue weighted by atomic mass is 10.2. The van der Waals surface area contributed by atoms with Crippen LogP contribution in [0.1, 0.15) is 18.1 Å². The van der Waals surface area contributed by atoms with Crippen LogP contribution in [0.25, 0.3) is 0 Å². The van der Waals surface area contributed by atoms with E-state index in [4.69, 9.17) is 4.99 Å². The maximum atomic E-state index is 4.71. The molecule has 2 aromatic rings. The second-order valence-corrected chi connectivity index (χ2v) is 6.40. The van der Waals surface area contributed by atoms with Crippen LogP contribution in [-0.2, 0) is 13.1 Å². The topological polar surface area (TPSA) is 15.6 Å². The quantitative estimate of drug-likeness (QED) is 0.340. The molecule has 0 aromatic heterocycles. The van der Waals surface area contributed by atoms with E-state index in [9.17, 15) is 0 Å². The van der Waals surface area contributed by atoms with Crippen molar-refractivity contribution in [3.63, 3.8) is 0 Å². The molecule has 0 bridgehead atoms. The van der Waals surface area contributed by atoms with E-state index in [1.807, 2.05) is 6.08 Å². The highest BCUT2D eigenvalue weighted by Crippen LogP contribution is 2.17. The van der Waals surface area contributed by atoms with Gasteiger partial charge in [-0.05, 0) is 16.9 Å². The fraction of sp³-hybridized carbons (Fsp3) is 0.250. The van der Waals surface area contributed by atoms with Gasteiger partial charge in [0, 0.05) is 13.1 Å². The molecular formula is C20H25BrN2S. The van der Waals surface area contributed by atoms with Gasteiger partial charge in [0.25, 0.3) is 0 Å². The molecule has 0 aliphatic carbocycles. The van der Waals surface area contributed by atoms with Crippen LogP contribution in [0, 0.1) is 0 Å². The van der Waals surface area contributed by atoms with Gasteiger partial charge in [0.2, 0.25) is 0 Å². The zero-order valence-corrected chi connectivity index (χ0v) is 16.6. The molecule has 0 atom stereocenters. The number of hydrogen-bond donors (Lipinski definition) is 0. The third-order valence-corrected chi connectivity index (χ3v) is 4.27. The summed E-state index contributed by atoms with van der Waals surface area (Å²) in [7, 11) is 0. The summed E-state index contributed by atoms with van der Waals surface area (Å²) in [6, 6.07) is 21.1. The smallest absolute Gasteiger partial charge is 0.160 e. The summed E-state index contributed by atoms with van der Waals surface area (Å²) in [4.78, 5) is 7.06. The zero-order valence-electron chi connectivity index (χ0n) is 14.1. The summed E-state index contributed by atoms with van der Waals surface area (Å²) < 4.78 is 0. The van der Waals surface area contributed by atoms with Gasteiger partial charge < -0.3 is 4.90 Å². The summed E-state index contributed by atoms with van der Waals surface area (Å²) in [5.74, 6) is 1.01. The van der Waals surface area contributed by atoms with Crippen molar-refractivity contribution in [2.45, 2.75) is 20.0 Å². The minimum Gasteiger partial charge on any atom is -0.343 e. The second kappa shape index (κ2) is 11.9. The van der Waals surface area contributed by atoms with Crippen LogP contribution in [0.3, 0.4) is 0 Å². The fourth-order valence-electron chi connectivity index (χ4n) is 2.31. The standard InChI is InChI=1S/C20H24N2S.BrH/c1-3-15-21-20(23-4-2)22(16-18-11-7-5-8-12-18)17-19-13-9-6-10-14-19;/h3,5-14H,1,4,15-17H2,2H3;1H. The van der Waals surface area contributed by atoms with Gasteiger partial charge in [-0.1, -0.05) is 85.4 Å². The molecule has 0 spiro atoms. The first kappa shape index (κ1) is 20.5. The van der Waals surface area contributed by atoms with Gasteiger partial charge in [-0.3, -0.25) is 4.99 Å². The Balaban J connectivity index is 0.00000288. The van der Waals surface area contributed by atoms with E-state index in [1.165, 1.54) is 11.1 Å². The third-order valence-electron chi connectivity index (χ3n) is 3.33. The first-order valence-electron chi connectivity index (χ1n) is 7.94. The van der Waals surface area contributed by atoms with Gasteiger partial charge in [-0.25, -0.2) is 0 Å². The Morgan fingerprint density at radius 2 is 1.50 bits per heavy atom. The normalized spacial score (nSPS) is 10.8. The number of rotatable bonds is 7. The molecule has 128 valence electrons. The summed E-state index contributed by atoms with van der Waals surface area (Å²) in [5, 5.41) is 1.08. The highest BCUT2D eigenvalue weighted by atomic mass is 79.9. The van der Waals surface area contributed by atoms with Crippen LogP contribution in [0.2, 0.25) is 0 Å². The molecule has 0 radical (unpaired) electrons. The van der Waals surface area contributed by atoms with Crippen molar-refractivity contribution in [1.29, 1.82) is 0 Å². The van der Waals surface area contributed by atoms with Gasteiger partial charge >= 0.3 is 0 Å². The SMILES string of the molecule is Br.C=CCN=C(SCC)N(Cc1ccccc1)Cc1ccccc1. The Kier molecular flexibility index (Phi) is 10.2. The largest absolute Gasteiger partial charge is 0.343 e. The lowest BCUT2D eigenvalue weighted by Crippen LogP contribution is -2.28. The Morgan fingerprint density at radius 1 is 1.00 bits per heavy atom. The molecule has 24 heavy (non-hydrogen) atoms. The predicted octanol–water partition coefficient (Wildman–Crippen LogP) is 5.56. The molecule has 0 amide bonds. The Labute approximate surface area is 160 Å². The van der Waals surface area contributed by atoms with Gasteiger partial charge in [0.15, 0.2) is 5.17 Å². The van der Waals surface area contributed by atoms with Gasteiger partial charge in [-0.2, -0.15) is 0 Å². The third kappa shape index (κ3) is 6.93. The maximum absolute atomic E-state index is 4.71. The zero-order chi connectivity index (χ0) is 16.3. The molecule has 0 heterocycles. The average molecular weight is 405 g/mol. The van der Waals surface area contributed by atoms with Crippen molar-refractivity contribution >= 4 is 33.9 Å². The molecule has 4 heteroatoms.